The number of carbonyl (C=O) groups is 1. The summed E-state index contributed by atoms with van der Waals surface area (Å²) in [6.07, 6.45) is 3.38. The van der Waals surface area contributed by atoms with Gasteiger partial charge in [-0.1, -0.05) is 0 Å². The highest BCUT2D eigenvalue weighted by atomic mass is 32.2. The first-order chi connectivity index (χ1) is 11.1. The summed E-state index contributed by atoms with van der Waals surface area (Å²) >= 11 is 1.87. The number of carbonyl (C=O) groups excluding carboxylic acids is 1. The Morgan fingerprint density at radius 2 is 1.91 bits per heavy atom. The molecule has 2 saturated heterocycles. The highest BCUT2D eigenvalue weighted by Gasteiger charge is 2.29. The van der Waals surface area contributed by atoms with E-state index in [2.05, 4.69) is 4.90 Å². The van der Waals surface area contributed by atoms with Crippen LogP contribution in [0.4, 0.5) is 8.78 Å². The number of thioether (sulfide) groups is 1. The van der Waals surface area contributed by atoms with Crippen LogP contribution >= 0.6 is 11.8 Å². The monoisotopic (exact) mass is 340 g/mol. The van der Waals surface area contributed by atoms with Crippen LogP contribution in [0.15, 0.2) is 18.2 Å². The predicted molar refractivity (Wildman–Crippen MR) is 88.8 cm³/mol. The van der Waals surface area contributed by atoms with E-state index in [-0.39, 0.29) is 17.5 Å². The Kier molecular flexibility index (Phi) is 5.54. The third-order valence-electron chi connectivity index (χ3n) is 4.53. The Morgan fingerprint density at radius 3 is 2.65 bits per heavy atom. The smallest absolute Gasteiger partial charge is 0.254 e. The third kappa shape index (κ3) is 4.04. The largest absolute Gasteiger partial charge is 0.334 e. The van der Waals surface area contributed by atoms with Crippen LogP contribution in [0.3, 0.4) is 0 Å². The van der Waals surface area contributed by atoms with Crippen molar-refractivity contribution >= 4 is 17.7 Å². The van der Waals surface area contributed by atoms with Gasteiger partial charge >= 0.3 is 0 Å². The highest BCUT2D eigenvalue weighted by molar-refractivity contribution is 7.99. The topological polar surface area (TPSA) is 23.6 Å². The normalized spacial score (nSPS) is 23.0. The van der Waals surface area contributed by atoms with E-state index < -0.39 is 11.6 Å². The van der Waals surface area contributed by atoms with Crippen molar-refractivity contribution in [3.8, 4) is 0 Å². The maximum absolute atomic E-state index is 13.5. The first kappa shape index (κ1) is 16.7. The number of rotatable bonds is 3. The predicted octanol–water partition coefficient (Wildman–Crippen LogP) is 3.01. The van der Waals surface area contributed by atoms with Crippen LogP contribution in [-0.2, 0) is 0 Å². The number of benzene rings is 1. The molecule has 0 bridgehead atoms. The number of likely N-dealkylation sites (tertiary alicyclic amines) is 1. The Balaban J connectivity index is 1.77. The lowest BCUT2D eigenvalue weighted by Crippen LogP contribution is -2.47. The summed E-state index contributed by atoms with van der Waals surface area (Å²) in [5, 5.41) is 0. The van der Waals surface area contributed by atoms with Gasteiger partial charge in [-0.15, -0.1) is 0 Å². The molecular weight excluding hydrogens is 318 g/mol. The Hall–Kier alpha value is -1.14. The molecule has 0 N–H and O–H groups in total. The number of amides is 1. The van der Waals surface area contributed by atoms with Gasteiger partial charge in [0.1, 0.15) is 0 Å². The van der Waals surface area contributed by atoms with Crippen molar-refractivity contribution in [3.05, 3.63) is 35.4 Å². The van der Waals surface area contributed by atoms with E-state index in [1.54, 1.807) is 0 Å². The van der Waals surface area contributed by atoms with Gasteiger partial charge in [-0.2, -0.15) is 11.8 Å². The average Bonchev–Trinajstić information content (AvgIpc) is 2.94. The minimum absolute atomic E-state index is 0.140. The standard InChI is InChI=1S/C17H22F2N2OS/c18-15-5-4-13(10-16(15)19)17(22)21-8-3-9-23-12-14(21)11-20-6-1-2-7-20/h4-5,10,14H,1-3,6-9,11-12H2. The van der Waals surface area contributed by atoms with E-state index in [0.29, 0.717) is 6.54 Å². The van der Waals surface area contributed by atoms with Crippen LogP contribution in [-0.4, -0.2) is 59.4 Å². The minimum atomic E-state index is -0.962. The van der Waals surface area contributed by atoms with Crippen molar-refractivity contribution in [1.29, 1.82) is 0 Å². The van der Waals surface area contributed by atoms with Crippen molar-refractivity contribution in [3.63, 3.8) is 0 Å². The molecule has 2 aliphatic rings. The number of halogens is 2. The van der Waals surface area contributed by atoms with Gasteiger partial charge in [0.15, 0.2) is 11.6 Å². The molecule has 1 amide bonds. The molecule has 1 aromatic rings. The Morgan fingerprint density at radius 1 is 1.13 bits per heavy atom. The molecule has 3 rings (SSSR count). The summed E-state index contributed by atoms with van der Waals surface area (Å²) in [7, 11) is 0. The van der Waals surface area contributed by atoms with E-state index in [0.717, 1.165) is 49.7 Å². The lowest BCUT2D eigenvalue weighted by atomic mass is 10.1. The van der Waals surface area contributed by atoms with Crippen LogP contribution in [0.1, 0.15) is 29.6 Å². The van der Waals surface area contributed by atoms with Crippen LogP contribution in [0.5, 0.6) is 0 Å². The summed E-state index contributed by atoms with van der Waals surface area (Å²) in [5.74, 6) is -0.113. The van der Waals surface area contributed by atoms with E-state index in [1.165, 1.54) is 18.9 Å². The Bertz CT molecular complexity index is 564. The Labute approximate surface area is 140 Å². The zero-order valence-electron chi connectivity index (χ0n) is 13.1. The summed E-state index contributed by atoms with van der Waals surface area (Å²) in [5.41, 5.74) is 0.238. The van der Waals surface area contributed by atoms with Gasteiger partial charge in [0.25, 0.3) is 5.91 Å². The molecule has 126 valence electrons. The summed E-state index contributed by atoms with van der Waals surface area (Å²) in [4.78, 5) is 17.1. The molecule has 1 unspecified atom stereocenters. The first-order valence-corrected chi connectivity index (χ1v) is 9.37. The van der Waals surface area contributed by atoms with Crippen molar-refractivity contribution in [1.82, 2.24) is 9.80 Å². The molecule has 0 radical (unpaired) electrons. The molecule has 2 aliphatic heterocycles. The minimum Gasteiger partial charge on any atom is -0.334 e. The molecule has 2 heterocycles. The molecular formula is C17H22F2N2OS. The lowest BCUT2D eigenvalue weighted by Gasteiger charge is -2.32. The molecule has 1 atom stereocenters. The molecule has 0 saturated carbocycles. The number of hydrogen-bond donors (Lipinski definition) is 0. The van der Waals surface area contributed by atoms with Gasteiger partial charge < -0.3 is 9.80 Å². The summed E-state index contributed by atoms with van der Waals surface area (Å²) < 4.78 is 26.6. The third-order valence-corrected chi connectivity index (χ3v) is 5.73. The van der Waals surface area contributed by atoms with Crippen molar-refractivity contribution < 1.29 is 13.6 Å². The SMILES string of the molecule is O=C(c1ccc(F)c(F)c1)N1CCCSCC1CN1CCCC1. The van der Waals surface area contributed by atoms with Crippen molar-refractivity contribution in [2.75, 3.05) is 37.7 Å². The van der Waals surface area contributed by atoms with Crippen LogP contribution < -0.4 is 0 Å². The molecule has 1 aromatic carbocycles. The maximum atomic E-state index is 13.5. The van der Waals surface area contributed by atoms with Crippen LogP contribution in [0.2, 0.25) is 0 Å². The van der Waals surface area contributed by atoms with E-state index >= 15 is 0 Å². The van der Waals surface area contributed by atoms with Crippen LogP contribution in [0, 0.1) is 11.6 Å². The fourth-order valence-corrected chi connectivity index (χ4v) is 4.36. The van der Waals surface area contributed by atoms with Gasteiger partial charge in [0, 0.05) is 24.4 Å². The zero-order chi connectivity index (χ0) is 16.2. The van der Waals surface area contributed by atoms with E-state index in [9.17, 15) is 13.6 Å². The van der Waals surface area contributed by atoms with Gasteiger partial charge in [0.05, 0.1) is 6.04 Å². The highest BCUT2D eigenvalue weighted by Crippen LogP contribution is 2.22. The second-order valence-corrected chi connectivity index (χ2v) is 7.37. The van der Waals surface area contributed by atoms with Gasteiger partial charge in [-0.05, 0) is 56.3 Å². The van der Waals surface area contributed by atoms with Crippen LogP contribution in [0.25, 0.3) is 0 Å². The second kappa shape index (κ2) is 7.62. The molecule has 0 spiro atoms. The summed E-state index contributed by atoms with van der Waals surface area (Å²) in [6.45, 7) is 3.74. The fourth-order valence-electron chi connectivity index (χ4n) is 3.31. The molecule has 3 nitrogen and oxygen atoms in total. The first-order valence-electron chi connectivity index (χ1n) is 8.21. The van der Waals surface area contributed by atoms with Gasteiger partial charge in [0.2, 0.25) is 0 Å². The zero-order valence-corrected chi connectivity index (χ0v) is 14.0. The number of nitrogens with zero attached hydrogens (tertiary/aromatic N) is 2. The molecule has 23 heavy (non-hydrogen) atoms. The van der Waals surface area contributed by atoms with Gasteiger partial charge in [-0.3, -0.25) is 4.79 Å². The second-order valence-electron chi connectivity index (χ2n) is 6.22. The van der Waals surface area contributed by atoms with E-state index in [4.69, 9.17) is 0 Å². The van der Waals surface area contributed by atoms with E-state index in [1.807, 2.05) is 16.7 Å². The lowest BCUT2D eigenvalue weighted by molar-refractivity contribution is 0.0666. The van der Waals surface area contributed by atoms with Crippen molar-refractivity contribution in [2.24, 2.45) is 0 Å². The molecule has 6 heteroatoms. The number of hydrogen-bond acceptors (Lipinski definition) is 3. The quantitative estimate of drug-likeness (QED) is 0.845. The van der Waals surface area contributed by atoms with Crippen molar-refractivity contribution in [2.45, 2.75) is 25.3 Å². The molecule has 2 fully saturated rings. The molecule has 0 aliphatic carbocycles. The summed E-state index contributed by atoms with van der Waals surface area (Å²) in [6, 6.07) is 3.57. The fraction of sp³-hybridized carbons (Fsp3) is 0.588. The molecule has 0 aromatic heterocycles. The maximum Gasteiger partial charge on any atom is 0.254 e. The average molecular weight is 340 g/mol. The van der Waals surface area contributed by atoms with Gasteiger partial charge in [-0.25, -0.2) is 8.78 Å².